The fraction of sp³-hybridized carbons (Fsp3) is 0.514. The maximum absolute atomic E-state index is 15.0. The number of carbonyl (C=O) groups is 2. The SMILES string of the molecule is CC(C)C1=C(C(=O)N2[C@H](C)CC[C@@H]2C(=O)N2CCN(CCO)[C@H](C)C2)SC2=N[C@@](C)(c3ccc(Cl)cc3)[C@@H](c3ccc(Cl)c(F)c3)N21. The predicted octanol–water partition coefficient (Wildman–Crippen LogP) is 6.28. The van der Waals surface area contributed by atoms with Gasteiger partial charge >= 0.3 is 0 Å². The zero-order chi connectivity index (χ0) is 33.8. The van der Waals surface area contributed by atoms with Gasteiger partial charge in [0.05, 0.1) is 17.7 Å². The third-order valence-corrected chi connectivity index (χ3v) is 11.7. The van der Waals surface area contributed by atoms with Gasteiger partial charge in [-0.3, -0.25) is 14.5 Å². The highest BCUT2D eigenvalue weighted by molar-refractivity contribution is 8.18. The molecule has 0 radical (unpaired) electrons. The Morgan fingerprint density at radius 3 is 2.45 bits per heavy atom. The third-order valence-electron chi connectivity index (χ3n) is 10.1. The second-order valence-corrected chi connectivity index (χ2v) is 15.3. The molecule has 1 N–H and O–H groups in total. The Bertz CT molecular complexity index is 1620. The number of amidine groups is 1. The van der Waals surface area contributed by atoms with Crippen molar-refractivity contribution >= 4 is 51.9 Å². The monoisotopic (exact) mass is 701 g/mol. The maximum atomic E-state index is 15.0. The number of aliphatic hydroxyl groups is 1. The number of hydrogen-bond donors (Lipinski definition) is 1. The first-order chi connectivity index (χ1) is 22.3. The van der Waals surface area contributed by atoms with Gasteiger partial charge in [-0.15, -0.1) is 0 Å². The molecular formula is C35H42Cl2FN5O3S. The molecule has 0 aromatic heterocycles. The van der Waals surface area contributed by atoms with Crippen molar-refractivity contribution in [2.24, 2.45) is 10.9 Å². The molecule has 252 valence electrons. The molecule has 0 saturated carbocycles. The van der Waals surface area contributed by atoms with E-state index in [9.17, 15) is 14.7 Å². The van der Waals surface area contributed by atoms with Crippen molar-refractivity contribution in [1.29, 1.82) is 0 Å². The number of β-amino-alcohol motifs (C(OH)–C–C–N with tert-alkyl or cyclic N) is 1. The fourth-order valence-electron chi connectivity index (χ4n) is 7.65. The summed E-state index contributed by atoms with van der Waals surface area (Å²) in [4.78, 5) is 42.5. The topological polar surface area (TPSA) is 79.7 Å². The minimum atomic E-state index is -0.823. The number of aliphatic imine (C=N–C) groups is 1. The number of amides is 2. The van der Waals surface area contributed by atoms with Gasteiger partial charge in [-0.25, -0.2) is 9.38 Å². The van der Waals surface area contributed by atoms with Crippen molar-refractivity contribution in [2.45, 2.75) is 77.2 Å². The number of carbonyl (C=O) groups excluding carboxylic acids is 2. The van der Waals surface area contributed by atoms with E-state index in [1.54, 1.807) is 11.0 Å². The molecule has 2 fully saturated rings. The lowest BCUT2D eigenvalue weighted by atomic mass is 9.81. The summed E-state index contributed by atoms with van der Waals surface area (Å²) in [6.07, 6.45) is 1.35. The first-order valence-electron chi connectivity index (χ1n) is 16.3. The molecular weight excluding hydrogens is 660 g/mol. The van der Waals surface area contributed by atoms with E-state index in [1.807, 2.05) is 62.9 Å². The number of aliphatic hydroxyl groups excluding tert-OH is 1. The number of nitrogens with zero attached hydrogens (tertiary/aromatic N) is 5. The summed E-state index contributed by atoms with van der Waals surface area (Å²) in [7, 11) is 0. The molecule has 47 heavy (non-hydrogen) atoms. The molecule has 2 amide bonds. The molecule has 0 bridgehead atoms. The van der Waals surface area contributed by atoms with Crippen LogP contribution < -0.4 is 0 Å². The number of piperazine rings is 1. The van der Waals surface area contributed by atoms with Crippen LogP contribution in [0, 0.1) is 11.7 Å². The molecule has 2 saturated heterocycles. The first-order valence-corrected chi connectivity index (χ1v) is 17.9. The van der Waals surface area contributed by atoms with Gasteiger partial charge in [-0.05, 0) is 86.7 Å². The summed E-state index contributed by atoms with van der Waals surface area (Å²) in [5.41, 5.74) is 1.59. The Labute approximate surface area is 290 Å². The van der Waals surface area contributed by atoms with Crippen molar-refractivity contribution in [1.82, 2.24) is 19.6 Å². The molecule has 4 heterocycles. The average Bonchev–Trinajstić information content (AvgIpc) is 3.68. The Morgan fingerprint density at radius 2 is 1.81 bits per heavy atom. The minimum Gasteiger partial charge on any atom is -0.395 e. The number of halogens is 3. The highest BCUT2D eigenvalue weighted by atomic mass is 35.5. The summed E-state index contributed by atoms with van der Waals surface area (Å²) in [5.74, 6) is -0.780. The number of benzene rings is 2. The molecule has 0 aliphatic carbocycles. The van der Waals surface area contributed by atoms with Crippen LogP contribution in [0.15, 0.2) is 58.1 Å². The van der Waals surface area contributed by atoms with Crippen LogP contribution >= 0.6 is 35.0 Å². The molecule has 0 unspecified atom stereocenters. The summed E-state index contributed by atoms with van der Waals surface area (Å²) in [5, 5.41) is 10.7. The number of allylic oxidation sites excluding steroid dienone is 1. The lowest BCUT2D eigenvalue weighted by Crippen LogP contribution is -2.58. The van der Waals surface area contributed by atoms with E-state index in [2.05, 4.69) is 16.7 Å². The third kappa shape index (κ3) is 6.09. The number of fused-ring (bicyclic) bond motifs is 1. The zero-order valence-electron chi connectivity index (χ0n) is 27.4. The molecule has 4 aliphatic rings. The average molecular weight is 703 g/mol. The van der Waals surface area contributed by atoms with E-state index in [-0.39, 0.29) is 41.4 Å². The Balaban J connectivity index is 1.36. The van der Waals surface area contributed by atoms with Gasteiger partial charge in [0, 0.05) is 49.0 Å². The number of rotatable bonds is 7. The summed E-state index contributed by atoms with van der Waals surface area (Å²) < 4.78 is 15.0. The smallest absolute Gasteiger partial charge is 0.263 e. The molecule has 8 nitrogen and oxygen atoms in total. The molecule has 0 spiro atoms. The summed E-state index contributed by atoms with van der Waals surface area (Å²) >= 11 is 13.7. The molecule has 2 aromatic rings. The number of hydrogen-bond acceptors (Lipinski definition) is 7. The molecule has 12 heteroatoms. The number of thioether (sulfide) groups is 1. The molecule has 2 aromatic carbocycles. The number of likely N-dealkylation sites (tertiary alicyclic amines) is 1. The van der Waals surface area contributed by atoms with Gasteiger partial charge in [0.25, 0.3) is 5.91 Å². The predicted molar refractivity (Wildman–Crippen MR) is 186 cm³/mol. The summed E-state index contributed by atoms with van der Waals surface area (Å²) in [6, 6.07) is 11.4. The van der Waals surface area contributed by atoms with Crippen molar-refractivity contribution in [3.05, 3.63) is 80.1 Å². The van der Waals surface area contributed by atoms with E-state index in [4.69, 9.17) is 28.2 Å². The highest BCUT2D eigenvalue weighted by Gasteiger charge is 2.54. The van der Waals surface area contributed by atoms with Crippen LogP contribution in [0.4, 0.5) is 4.39 Å². The Kier molecular flexibility index (Phi) is 9.73. The van der Waals surface area contributed by atoms with Crippen LogP contribution in [0.1, 0.15) is 64.6 Å². The van der Waals surface area contributed by atoms with Crippen LogP contribution in [0.25, 0.3) is 0 Å². The second-order valence-electron chi connectivity index (χ2n) is 13.5. The van der Waals surface area contributed by atoms with Gasteiger partial charge in [-0.1, -0.05) is 55.2 Å². The van der Waals surface area contributed by atoms with E-state index >= 15 is 4.39 Å². The molecule has 6 rings (SSSR count). The largest absolute Gasteiger partial charge is 0.395 e. The van der Waals surface area contributed by atoms with Crippen LogP contribution in [0.3, 0.4) is 0 Å². The Hall–Kier alpha value is -2.63. The lowest BCUT2D eigenvalue weighted by molar-refractivity contribution is -0.145. The zero-order valence-corrected chi connectivity index (χ0v) is 29.7. The van der Waals surface area contributed by atoms with Crippen molar-refractivity contribution < 1.29 is 19.1 Å². The first kappa shape index (κ1) is 34.2. The normalized spacial score (nSPS) is 28.0. The van der Waals surface area contributed by atoms with Gasteiger partial charge in [0.15, 0.2) is 5.17 Å². The molecule has 4 aliphatic heterocycles. The van der Waals surface area contributed by atoms with Crippen LogP contribution in [-0.2, 0) is 15.1 Å². The van der Waals surface area contributed by atoms with Crippen molar-refractivity contribution in [3.63, 3.8) is 0 Å². The lowest BCUT2D eigenvalue weighted by Gasteiger charge is -2.41. The van der Waals surface area contributed by atoms with Crippen molar-refractivity contribution in [3.8, 4) is 0 Å². The van der Waals surface area contributed by atoms with Gasteiger partial charge < -0.3 is 19.8 Å². The Morgan fingerprint density at radius 1 is 1.09 bits per heavy atom. The van der Waals surface area contributed by atoms with Gasteiger partial charge in [-0.2, -0.15) is 0 Å². The van der Waals surface area contributed by atoms with E-state index in [1.165, 1.54) is 17.8 Å². The van der Waals surface area contributed by atoms with Gasteiger partial charge in [0.1, 0.15) is 22.3 Å². The highest BCUT2D eigenvalue weighted by Crippen LogP contribution is 2.56. The quantitative estimate of drug-likeness (QED) is 0.366. The van der Waals surface area contributed by atoms with Crippen LogP contribution in [0.5, 0.6) is 0 Å². The standard InChI is InChI=1S/C35H42Cl2FN5O3S/c1-20(2)29-30(33(46)42-21(3)6-13-28(42)32(45)41-15-14-40(16-17-44)22(4)19-41)47-34-39-35(5,24-8-10-25(36)11-9-24)31(43(29)34)23-7-12-26(37)27(38)18-23/h7-12,18,20-22,28,31,44H,6,13-17,19H2,1-5H3/t21-,22-,28-,31-,35+/m1/s1. The summed E-state index contributed by atoms with van der Waals surface area (Å²) in [6.45, 7) is 12.7. The van der Waals surface area contributed by atoms with Gasteiger partial charge in [0.2, 0.25) is 5.91 Å². The second kappa shape index (κ2) is 13.3. The minimum absolute atomic E-state index is 0.0180. The van der Waals surface area contributed by atoms with E-state index in [0.29, 0.717) is 53.3 Å². The van der Waals surface area contributed by atoms with E-state index < -0.39 is 23.4 Å². The van der Waals surface area contributed by atoms with Crippen molar-refractivity contribution in [2.75, 3.05) is 32.8 Å². The van der Waals surface area contributed by atoms with E-state index in [0.717, 1.165) is 17.7 Å². The van der Waals surface area contributed by atoms with Crippen LogP contribution in [-0.4, -0.2) is 92.6 Å². The maximum Gasteiger partial charge on any atom is 0.263 e. The fourth-order valence-corrected chi connectivity index (χ4v) is 9.25. The van der Waals surface area contributed by atoms with Crippen LogP contribution in [0.2, 0.25) is 10.0 Å². The molecule has 5 atom stereocenters.